The van der Waals surface area contributed by atoms with Gasteiger partial charge in [0.1, 0.15) is 5.69 Å². The van der Waals surface area contributed by atoms with Gasteiger partial charge in [-0.25, -0.2) is 4.98 Å². The third-order valence-corrected chi connectivity index (χ3v) is 5.77. The average molecular weight is 430 g/mol. The van der Waals surface area contributed by atoms with Crippen LogP contribution in [-0.4, -0.2) is 35.4 Å². The van der Waals surface area contributed by atoms with Crippen LogP contribution in [0.3, 0.4) is 0 Å². The van der Waals surface area contributed by atoms with Gasteiger partial charge >= 0.3 is 0 Å². The number of hydrogen-bond donors (Lipinski definition) is 0. The number of fused-ring (bicyclic) bond motifs is 3. The summed E-state index contributed by atoms with van der Waals surface area (Å²) in [6.45, 7) is 0.579. The minimum Gasteiger partial charge on any atom is -0.323 e. The summed E-state index contributed by atoms with van der Waals surface area (Å²) >= 11 is 0. The lowest BCUT2D eigenvalue weighted by Gasteiger charge is -2.11. The Morgan fingerprint density at radius 2 is 1.67 bits per heavy atom. The van der Waals surface area contributed by atoms with Crippen molar-refractivity contribution in [3.8, 4) is 11.1 Å². The lowest BCUT2D eigenvalue weighted by Crippen LogP contribution is -2.10. The normalized spacial score (nSPS) is 11.3. The molecule has 0 radical (unpaired) electrons. The van der Waals surface area contributed by atoms with Gasteiger partial charge in [0.2, 0.25) is 5.78 Å². The number of imidazole rings is 1. The number of carbonyl (C=O) groups excluding carboxylic acids is 1. The highest BCUT2D eigenvalue weighted by Crippen LogP contribution is 2.31. The molecule has 0 bridgehead atoms. The molecule has 7 heteroatoms. The van der Waals surface area contributed by atoms with Crippen LogP contribution in [0.15, 0.2) is 97.5 Å². The van der Waals surface area contributed by atoms with Crippen molar-refractivity contribution in [1.29, 1.82) is 0 Å². The van der Waals surface area contributed by atoms with Gasteiger partial charge in [-0.2, -0.15) is 4.52 Å². The number of hydrogen-bond acceptors (Lipinski definition) is 5. The predicted molar refractivity (Wildman–Crippen MR) is 125 cm³/mol. The second-order valence-electron chi connectivity index (χ2n) is 7.83. The van der Waals surface area contributed by atoms with Gasteiger partial charge in [-0.15, -0.1) is 5.10 Å². The molecule has 0 unspecified atom stereocenters. The Kier molecular flexibility index (Phi) is 4.51. The molecule has 33 heavy (non-hydrogen) atoms. The second kappa shape index (κ2) is 7.80. The number of rotatable bonds is 5. The van der Waals surface area contributed by atoms with E-state index in [4.69, 9.17) is 0 Å². The number of tetrazole rings is 1. The van der Waals surface area contributed by atoms with E-state index in [1.807, 2.05) is 89.5 Å². The maximum absolute atomic E-state index is 13.5. The Bertz CT molecular complexity index is 1600. The highest BCUT2D eigenvalue weighted by Gasteiger charge is 2.18. The minimum absolute atomic E-state index is 0.0823. The molecular formula is C26H18N6O. The third kappa shape index (κ3) is 3.36. The van der Waals surface area contributed by atoms with Gasteiger partial charge in [0.15, 0.2) is 5.65 Å². The molecule has 0 N–H and O–H groups in total. The standard InChI is InChI=1S/C26H18N6O/c33-26(24-15-27-17-31(24)16-18-7-3-1-4-8-18)20-11-12-23-22(13-20)21(19-9-5-2-6-10-19)14-25-28-29-30-32(23)25/h1-15,17H,16H2. The van der Waals surface area contributed by atoms with Gasteiger partial charge in [0.05, 0.1) is 18.0 Å². The first kappa shape index (κ1) is 19.1. The SMILES string of the molecule is O=C(c1ccc2c(c1)c(-c1ccccc1)cc1nnnn12)c1cncn1Cc1ccccc1. The molecule has 0 saturated heterocycles. The Labute approximate surface area is 188 Å². The van der Waals surface area contributed by atoms with Gasteiger partial charge in [-0.05, 0) is 51.4 Å². The van der Waals surface area contributed by atoms with Crippen molar-refractivity contribution in [2.75, 3.05) is 0 Å². The van der Waals surface area contributed by atoms with Crippen molar-refractivity contribution in [2.24, 2.45) is 0 Å². The molecule has 0 spiro atoms. The quantitative estimate of drug-likeness (QED) is 0.378. The van der Waals surface area contributed by atoms with Crippen LogP contribution >= 0.6 is 0 Å². The zero-order valence-corrected chi connectivity index (χ0v) is 17.5. The summed E-state index contributed by atoms with van der Waals surface area (Å²) in [7, 11) is 0. The van der Waals surface area contributed by atoms with E-state index in [1.54, 1.807) is 17.0 Å². The molecular weight excluding hydrogens is 412 g/mol. The maximum atomic E-state index is 13.5. The van der Waals surface area contributed by atoms with Crippen LogP contribution in [0.2, 0.25) is 0 Å². The van der Waals surface area contributed by atoms with Gasteiger partial charge in [0, 0.05) is 17.5 Å². The number of ketones is 1. The largest absolute Gasteiger partial charge is 0.323 e. The smallest absolute Gasteiger partial charge is 0.211 e. The number of pyridine rings is 1. The van der Waals surface area contributed by atoms with Crippen molar-refractivity contribution in [2.45, 2.75) is 6.54 Å². The summed E-state index contributed by atoms with van der Waals surface area (Å²) in [5.74, 6) is -0.0823. The van der Waals surface area contributed by atoms with Crippen LogP contribution in [0.1, 0.15) is 21.6 Å². The van der Waals surface area contributed by atoms with Gasteiger partial charge in [-0.3, -0.25) is 4.79 Å². The summed E-state index contributed by atoms with van der Waals surface area (Å²) in [6.07, 6.45) is 3.32. The van der Waals surface area contributed by atoms with E-state index in [1.165, 1.54) is 0 Å². The zero-order chi connectivity index (χ0) is 22.2. The summed E-state index contributed by atoms with van der Waals surface area (Å²) in [5, 5.41) is 13.0. The summed E-state index contributed by atoms with van der Waals surface area (Å²) in [4.78, 5) is 17.8. The van der Waals surface area contributed by atoms with E-state index in [9.17, 15) is 4.79 Å². The fourth-order valence-electron chi connectivity index (χ4n) is 4.16. The van der Waals surface area contributed by atoms with Gasteiger partial charge in [-0.1, -0.05) is 60.7 Å². The Hall–Kier alpha value is -4.65. The lowest BCUT2D eigenvalue weighted by molar-refractivity contribution is 0.103. The van der Waals surface area contributed by atoms with Crippen molar-refractivity contribution in [1.82, 2.24) is 29.6 Å². The molecule has 3 aromatic carbocycles. The molecule has 158 valence electrons. The number of aromatic nitrogens is 6. The first-order valence-electron chi connectivity index (χ1n) is 10.6. The molecule has 0 saturated carbocycles. The van der Waals surface area contributed by atoms with Gasteiger partial charge < -0.3 is 4.57 Å². The van der Waals surface area contributed by atoms with Crippen LogP contribution in [0.4, 0.5) is 0 Å². The van der Waals surface area contributed by atoms with Crippen LogP contribution in [0.25, 0.3) is 27.7 Å². The first-order chi connectivity index (χ1) is 16.3. The van der Waals surface area contributed by atoms with Crippen LogP contribution in [-0.2, 0) is 6.54 Å². The zero-order valence-electron chi connectivity index (χ0n) is 17.5. The van der Waals surface area contributed by atoms with Crippen molar-refractivity contribution >= 4 is 22.3 Å². The van der Waals surface area contributed by atoms with Crippen LogP contribution in [0.5, 0.6) is 0 Å². The average Bonchev–Trinajstić information content (AvgIpc) is 3.53. The molecule has 7 nitrogen and oxygen atoms in total. The molecule has 0 aliphatic rings. The summed E-state index contributed by atoms with van der Waals surface area (Å²) in [5.41, 5.74) is 5.74. The van der Waals surface area contributed by atoms with E-state index >= 15 is 0 Å². The monoisotopic (exact) mass is 430 g/mol. The van der Waals surface area contributed by atoms with E-state index in [0.717, 1.165) is 27.6 Å². The van der Waals surface area contributed by atoms with E-state index in [2.05, 4.69) is 20.5 Å². The first-order valence-corrected chi connectivity index (χ1v) is 10.6. The van der Waals surface area contributed by atoms with E-state index < -0.39 is 0 Å². The number of carbonyl (C=O) groups is 1. The second-order valence-corrected chi connectivity index (χ2v) is 7.83. The van der Waals surface area contributed by atoms with Crippen molar-refractivity contribution in [3.63, 3.8) is 0 Å². The Morgan fingerprint density at radius 1 is 0.879 bits per heavy atom. The number of nitrogens with zero attached hydrogens (tertiary/aromatic N) is 6. The number of benzene rings is 3. The maximum Gasteiger partial charge on any atom is 0.211 e. The molecule has 0 aliphatic heterocycles. The molecule has 0 aliphatic carbocycles. The third-order valence-electron chi connectivity index (χ3n) is 5.77. The molecule has 0 amide bonds. The summed E-state index contributed by atoms with van der Waals surface area (Å²) < 4.78 is 3.57. The van der Waals surface area contributed by atoms with Crippen molar-refractivity contribution < 1.29 is 4.79 Å². The molecule has 3 heterocycles. The highest BCUT2D eigenvalue weighted by atomic mass is 16.1. The molecule has 0 atom stereocenters. The molecule has 6 rings (SSSR count). The Balaban J connectivity index is 1.47. The van der Waals surface area contributed by atoms with Crippen molar-refractivity contribution in [3.05, 3.63) is 114 Å². The topological polar surface area (TPSA) is 78.0 Å². The Morgan fingerprint density at radius 3 is 2.48 bits per heavy atom. The fourth-order valence-corrected chi connectivity index (χ4v) is 4.16. The fraction of sp³-hybridized carbons (Fsp3) is 0.0385. The van der Waals surface area contributed by atoms with Crippen LogP contribution < -0.4 is 0 Å². The molecule has 6 aromatic rings. The van der Waals surface area contributed by atoms with E-state index in [0.29, 0.717) is 23.4 Å². The van der Waals surface area contributed by atoms with Crippen LogP contribution in [0, 0.1) is 0 Å². The molecule has 3 aromatic heterocycles. The summed E-state index contributed by atoms with van der Waals surface area (Å²) in [6, 6.07) is 27.6. The van der Waals surface area contributed by atoms with E-state index in [-0.39, 0.29) is 5.78 Å². The minimum atomic E-state index is -0.0823. The predicted octanol–water partition coefficient (Wildman–Crippen LogP) is 4.42. The highest BCUT2D eigenvalue weighted by molar-refractivity contribution is 6.11. The van der Waals surface area contributed by atoms with Gasteiger partial charge in [0.25, 0.3) is 0 Å². The molecule has 0 fully saturated rings. The lowest BCUT2D eigenvalue weighted by atomic mass is 9.98.